The van der Waals surface area contributed by atoms with Gasteiger partial charge in [-0.05, 0) is 53.4 Å². The zero-order valence-corrected chi connectivity index (χ0v) is 13.6. The molecular weight excluding hydrogens is 238 g/mol. The Hall–Kier alpha value is -0.570. The van der Waals surface area contributed by atoms with E-state index in [2.05, 4.69) is 6.92 Å². The topological polar surface area (TPSA) is 52.3 Å². The number of rotatable bonds is 10. The molecule has 3 heteroatoms. The van der Waals surface area contributed by atoms with Crippen molar-refractivity contribution in [3.63, 3.8) is 0 Å². The molecular formula is C16H33NO2. The van der Waals surface area contributed by atoms with Crippen molar-refractivity contribution in [2.45, 2.75) is 97.1 Å². The third-order valence-corrected chi connectivity index (χ3v) is 3.22. The van der Waals surface area contributed by atoms with E-state index in [1.54, 1.807) is 0 Å². The summed E-state index contributed by atoms with van der Waals surface area (Å²) in [6, 6.07) is 0. The highest BCUT2D eigenvalue weighted by molar-refractivity contribution is 5.69. The van der Waals surface area contributed by atoms with Crippen LogP contribution in [0.5, 0.6) is 0 Å². The largest absolute Gasteiger partial charge is 0.460 e. The zero-order valence-electron chi connectivity index (χ0n) is 13.6. The minimum atomic E-state index is -0.313. The molecule has 0 aliphatic rings. The molecule has 0 aromatic carbocycles. The first-order valence-electron chi connectivity index (χ1n) is 7.67. The van der Waals surface area contributed by atoms with E-state index in [9.17, 15) is 4.79 Å². The van der Waals surface area contributed by atoms with Crippen LogP contribution in [0.3, 0.4) is 0 Å². The lowest BCUT2D eigenvalue weighted by molar-refractivity contribution is -0.157. The van der Waals surface area contributed by atoms with E-state index in [0.29, 0.717) is 6.42 Å². The minimum absolute atomic E-state index is 0.0619. The van der Waals surface area contributed by atoms with Crippen molar-refractivity contribution in [1.82, 2.24) is 0 Å². The van der Waals surface area contributed by atoms with Gasteiger partial charge in [0.15, 0.2) is 0 Å². The first kappa shape index (κ1) is 18.4. The molecule has 0 fully saturated rings. The fraction of sp³-hybridized carbons (Fsp3) is 0.938. The maximum Gasteiger partial charge on any atom is 0.306 e. The predicted molar refractivity (Wildman–Crippen MR) is 81.0 cm³/mol. The molecule has 3 nitrogen and oxygen atoms in total. The molecule has 0 atom stereocenters. The second-order valence-corrected chi connectivity index (χ2v) is 6.89. The lowest BCUT2D eigenvalue weighted by Crippen LogP contribution is -2.31. The number of carbonyl (C=O) groups excluding carboxylic acids is 1. The van der Waals surface area contributed by atoms with E-state index >= 15 is 0 Å². The fourth-order valence-electron chi connectivity index (χ4n) is 2.04. The summed E-state index contributed by atoms with van der Waals surface area (Å²) in [6.07, 6.45) is 7.74. The van der Waals surface area contributed by atoms with Gasteiger partial charge in [-0.15, -0.1) is 0 Å². The van der Waals surface area contributed by atoms with Crippen molar-refractivity contribution in [3.05, 3.63) is 0 Å². The summed E-state index contributed by atoms with van der Waals surface area (Å²) in [5.74, 6) is -0.0619. The van der Waals surface area contributed by atoms with Gasteiger partial charge in [-0.2, -0.15) is 0 Å². The average molecular weight is 271 g/mol. The normalized spacial score (nSPS) is 12.5. The number of hydrogen-bond donors (Lipinski definition) is 1. The van der Waals surface area contributed by atoms with Gasteiger partial charge in [0.1, 0.15) is 5.60 Å². The van der Waals surface area contributed by atoms with Crippen LogP contribution in [-0.4, -0.2) is 17.1 Å². The van der Waals surface area contributed by atoms with Gasteiger partial charge in [-0.3, -0.25) is 4.79 Å². The van der Waals surface area contributed by atoms with E-state index < -0.39 is 0 Å². The molecule has 0 spiro atoms. The number of ether oxygens (including phenoxy) is 1. The van der Waals surface area contributed by atoms with Crippen LogP contribution < -0.4 is 5.73 Å². The van der Waals surface area contributed by atoms with Crippen molar-refractivity contribution in [2.75, 3.05) is 0 Å². The monoisotopic (exact) mass is 271 g/mol. The molecule has 19 heavy (non-hydrogen) atoms. The molecule has 0 rings (SSSR count). The molecule has 0 heterocycles. The Morgan fingerprint density at radius 1 is 1.00 bits per heavy atom. The fourth-order valence-corrected chi connectivity index (χ4v) is 2.04. The van der Waals surface area contributed by atoms with Crippen molar-refractivity contribution < 1.29 is 9.53 Å². The van der Waals surface area contributed by atoms with Gasteiger partial charge in [0.25, 0.3) is 0 Å². The van der Waals surface area contributed by atoms with Crippen molar-refractivity contribution >= 4 is 5.97 Å². The molecule has 0 saturated carbocycles. The van der Waals surface area contributed by atoms with E-state index in [0.717, 1.165) is 44.9 Å². The van der Waals surface area contributed by atoms with Crippen LogP contribution in [0.2, 0.25) is 0 Å². The Morgan fingerprint density at radius 3 is 2.16 bits per heavy atom. The SMILES string of the molecule is CCCCC(C)(C)OC(=O)CCCCCC(C)(C)N. The smallest absolute Gasteiger partial charge is 0.306 e. The van der Waals surface area contributed by atoms with Crippen LogP contribution in [0.4, 0.5) is 0 Å². The molecule has 0 amide bonds. The lowest BCUT2D eigenvalue weighted by Gasteiger charge is -2.25. The summed E-state index contributed by atoms with van der Waals surface area (Å²) in [5.41, 5.74) is 5.51. The Balaban J connectivity index is 3.70. The quantitative estimate of drug-likeness (QED) is 0.479. The molecule has 0 radical (unpaired) electrons. The van der Waals surface area contributed by atoms with Gasteiger partial charge >= 0.3 is 5.97 Å². The van der Waals surface area contributed by atoms with E-state index in [1.807, 2.05) is 27.7 Å². The lowest BCUT2D eigenvalue weighted by atomic mass is 9.98. The molecule has 0 unspecified atom stereocenters. The number of unbranched alkanes of at least 4 members (excludes halogenated alkanes) is 3. The minimum Gasteiger partial charge on any atom is -0.460 e. The van der Waals surface area contributed by atoms with Crippen molar-refractivity contribution in [3.8, 4) is 0 Å². The predicted octanol–water partition coefficient (Wildman–Crippen LogP) is 4.19. The standard InChI is InChI=1S/C16H33NO2/c1-6-7-13-16(4,5)19-14(18)11-9-8-10-12-15(2,3)17/h6-13,17H2,1-5H3. The van der Waals surface area contributed by atoms with Gasteiger partial charge in [0.05, 0.1) is 0 Å². The average Bonchev–Trinajstić information content (AvgIpc) is 2.23. The van der Waals surface area contributed by atoms with Gasteiger partial charge in [0, 0.05) is 12.0 Å². The molecule has 114 valence electrons. The highest BCUT2D eigenvalue weighted by Gasteiger charge is 2.21. The van der Waals surface area contributed by atoms with Crippen molar-refractivity contribution in [1.29, 1.82) is 0 Å². The third kappa shape index (κ3) is 12.2. The maximum absolute atomic E-state index is 11.7. The molecule has 0 aromatic heterocycles. The molecule has 0 bridgehead atoms. The van der Waals surface area contributed by atoms with Crippen LogP contribution in [0.1, 0.15) is 86.0 Å². The van der Waals surface area contributed by atoms with E-state index in [4.69, 9.17) is 10.5 Å². The van der Waals surface area contributed by atoms with Gasteiger partial charge in [-0.1, -0.05) is 26.2 Å². The summed E-state index contributed by atoms with van der Waals surface area (Å²) in [5, 5.41) is 0. The molecule has 2 N–H and O–H groups in total. The summed E-state index contributed by atoms with van der Waals surface area (Å²) >= 11 is 0. The second-order valence-electron chi connectivity index (χ2n) is 6.89. The van der Waals surface area contributed by atoms with E-state index in [1.165, 1.54) is 0 Å². The highest BCUT2D eigenvalue weighted by Crippen LogP contribution is 2.19. The number of hydrogen-bond acceptors (Lipinski definition) is 3. The summed E-state index contributed by atoms with van der Waals surface area (Å²) in [7, 11) is 0. The number of nitrogens with two attached hydrogens (primary N) is 1. The molecule has 0 saturated heterocycles. The number of carbonyl (C=O) groups is 1. The van der Waals surface area contributed by atoms with Gasteiger partial charge in [-0.25, -0.2) is 0 Å². The first-order valence-corrected chi connectivity index (χ1v) is 7.67. The Labute approximate surface area is 119 Å². The van der Waals surface area contributed by atoms with Crippen molar-refractivity contribution in [2.24, 2.45) is 5.73 Å². The Bertz CT molecular complexity index is 254. The third-order valence-electron chi connectivity index (χ3n) is 3.22. The first-order chi connectivity index (χ1) is 8.66. The molecule has 0 aromatic rings. The highest BCUT2D eigenvalue weighted by atomic mass is 16.6. The van der Waals surface area contributed by atoms with Gasteiger partial charge in [0.2, 0.25) is 0 Å². The Morgan fingerprint density at radius 2 is 1.63 bits per heavy atom. The summed E-state index contributed by atoms with van der Waals surface area (Å²) in [4.78, 5) is 11.7. The van der Waals surface area contributed by atoms with Crippen LogP contribution in [-0.2, 0) is 9.53 Å². The molecule has 0 aliphatic heterocycles. The van der Waals surface area contributed by atoms with Crippen LogP contribution >= 0.6 is 0 Å². The molecule has 0 aliphatic carbocycles. The summed E-state index contributed by atoms with van der Waals surface area (Å²) < 4.78 is 5.52. The van der Waals surface area contributed by atoms with Gasteiger partial charge < -0.3 is 10.5 Å². The van der Waals surface area contributed by atoms with Crippen LogP contribution in [0.15, 0.2) is 0 Å². The Kier molecular flexibility index (Phi) is 8.31. The van der Waals surface area contributed by atoms with E-state index in [-0.39, 0.29) is 17.1 Å². The van der Waals surface area contributed by atoms with Crippen LogP contribution in [0, 0.1) is 0 Å². The maximum atomic E-state index is 11.7. The zero-order chi connectivity index (χ0) is 14.9. The second kappa shape index (κ2) is 8.57. The number of esters is 1. The summed E-state index contributed by atoms with van der Waals surface area (Å²) in [6.45, 7) is 10.2. The van der Waals surface area contributed by atoms with Crippen LogP contribution in [0.25, 0.3) is 0 Å².